The summed E-state index contributed by atoms with van der Waals surface area (Å²) in [5.41, 5.74) is 0.877. The van der Waals surface area contributed by atoms with Crippen molar-refractivity contribution in [2.24, 2.45) is 0 Å². The topological polar surface area (TPSA) is 48.2 Å². The van der Waals surface area contributed by atoms with Gasteiger partial charge in [-0.1, -0.05) is 41.7 Å². The van der Waals surface area contributed by atoms with Crippen LogP contribution in [-0.2, 0) is 10.2 Å². The summed E-state index contributed by atoms with van der Waals surface area (Å²) in [5.74, 6) is 2.07. The average Bonchev–Trinajstić information content (AvgIpc) is 3.27. The highest BCUT2D eigenvalue weighted by Gasteiger charge is 2.42. The van der Waals surface area contributed by atoms with Crippen LogP contribution in [0.5, 0.6) is 0 Å². The van der Waals surface area contributed by atoms with E-state index in [4.69, 9.17) is 25.8 Å². The number of halogens is 1. The van der Waals surface area contributed by atoms with Gasteiger partial charge in [-0.15, -0.1) is 0 Å². The summed E-state index contributed by atoms with van der Waals surface area (Å²) in [5, 5.41) is 5.05. The Morgan fingerprint density at radius 1 is 1.13 bits per heavy atom. The fourth-order valence-corrected chi connectivity index (χ4v) is 4.10. The van der Waals surface area contributed by atoms with E-state index in [1.807, 2.05) is 18.2 Å². The van der Waals surface area contributed by atoms with Crippen LogP contribution >= 0.6 is 11.6 Å². The van der Waals surface area contributed by atoms with Gasteiger partial charge < -0.3 is 9.26 Å². The Bertz CT molecular complexity index is 673. The fourth-order valence-electron chi connectivity index (χ4n) is 3.91. The van der Waals surface area contributed by atoms with Gasteiger partial charge in [0.2, 0.25) is 5.89 Å². The normalized spacial score (nSPS) is 21.6. The molecule has 0 unspecified atom stereocenters. The van der Waals surface area contributed by atoms with Gasteiger partial charge in [0, 0.05) is 24.2 Å². The SMILES string of the molecule is Clc1cccc(C2(c3nc(C4CCCC4)no3)CCOCC2)c1. The third-order valence-corrected chi connectivity index (χ3v) is 5.53. The molecular formula is C18H21ClN2O2. The van der Waals surface area contributed by atoms with Crippen molar-refractivity contribution in [3.8, 4) is 0 Å². The predicted molar refractivity (Wildman–Crippen MR) is 87.8 cm³/mol. The van der Waals surface area contributed by atoms with E-state index in [1.54, 1.807) is 0 Å². The molecule has 1 saturated carbocycles. The first kappa shape index (κ1) is 15.2. The van der Waals surface area contributed by atoms with Crippen molar-refractivity contribution in [2.75, 3.05) is 13.2 Å². The van der Waals surface area contributed by atoms with E-state index in [0.29, 0.717) is 19.1 Å². The molecule has 0 radical (unpaired) electrons. The van der Waals surface area contributed by atoms with E-state index >= 15 is 0 Å². The molecule has 0 spiro atoms. The largest absolute Gasteiger partial charge is 0.381 e. The number of aromatic nitrogens is 2. The van der Waals surface area contributed by atoms with E-state index in [1.165, 1.54) is 25.7 Å². The molecule has 4 nitrogen and oxygen atoms in total. The first-order valence-corrected chi connectivity index (χ1v) is 8.84. The summed E-state index contributed by atoms with van der Waals surface area (Å²) in [6.07, 6.45) is 6.57. The molecule has 0 atom stereocenters. The van der Waals surface area contributed by atoms with Crippen molar-refractivity contribution < 1.29 is 9.26 Å². The summed E-state index contributed by atoms with van der Waals surface area (Å²) >= 11 is 6.22. The highest BCUT2D eigenvalue weighted by atomic mass is 35.5. The second-order valence-electron chi connectivity index (χ2n) is 6.64. The van der Waals surface area contributed by atoms with Gasteiger partial charge in [0.25, 0.3) is 0 Å². The smallest absolute Gasteiger partial charge is 0.237 e. The highest BCUT2D eigenvalue weighted by Crippen LogP contribution is 2.42. The summed E-state index contributed by atoms with van der Waals surface area (Å²) in [7, 11) is 0. The summed E-state index contributed by atoms with van der Waals surface area (Å²) in [6.45, 7) is 1.40. The molecule has 0 amide bonds. The molecule has 1 aromatic heterocycles. The maximum absolute atomic E-state index is 6.22. The van der Waals surface area contributed by atoms with Crippen molar-refractivity contribution in [1.29, 1.82) is 0 Å². The van der Waals surface area contributed by atoms with Gasteiger partial charge in [-0.05, 0) is 43.4 Å². The van der Waals surface area contributed by atoms with Crippen LogP contribution in [0.2, 0.25) is 5.02 Å². The summed E-state index contributed by atoms with van der Waals surface area (Å²) in [4.78, 5) is 4.82. The number of hydrogen-bond donors (Lipinski definition) is 0. The lowest BCUT2D eigenvalue weighted by Crippen LogP contribution is -2.35. The van der Waals surface area contributed by atoms with E-state index in [-0.39, 0.29) is 5.41 Å². The lowest BCUT2D eigenvalue weighted by atomic mass is 9.74. The van der Waals surface area contributed by atoms with Gasteiger partial charge in [-0.3, -0.25) is 0 Å². The lowest BCUT2D eigenvalue weighted by Gasteiger charge is -2.34. The highest BCUT2D eigenvalue weighted by molar-refractivity contribution is 6.30. The minimum absolute atomic E-state index is 0.271. The first-order chi connectivity index (χ1) is 11.3. The molecule has 1 aliphatic heterocycles. The van der Waals surface area contributed by atoms with Gasteiger partial charge in [0.15, 0.2) is 5.82 Å². The second-order valence-corrected chi connectivity index (χ2v) is 7.08. The maximum atomic E-state index is 6.22. The number of nitrogens with zero attached hydrogens (tertiary/aromatic N) is 2. The Morgan fingerprint density at radius 3 is 2.65 bits per heavy atom. The Labute approximate surface area is 141 Å². The molecule has 0 N–H and O–H groups in total. The van der Waals surface area contributed by atoms with Crippen molar-refractivity contribution in [3.05, 3.63) is 46.6 Å². The second kappa shape index (κ2) is 6.25. The van der Waals surface area contributed by atoms with Gasteiger partial charge in [-0.25, -0.2) is 0 Å². The fraction of sp³-hybridized carbons (Fsp3) is 0.556. The van der Waals surface area contributed by atoms with Crippen LogP contribution in [0, 0.1) is 0 Å². The van der Waals surface area contributed by atoms with Gasteiger partial charge in [-0.2, -0.15) is 4.98 Å². The van der Waals surface area contributed by atoms with Crippen molar-refractivity contribution in [3.63, 3.8) is 0 Å². The predicted octanol–water partition coefficient (Wildman–Crippen LogP) is 4.48. The zero-order chi connectivity index (χ0) is 15.7. The minimum Gasteiger partial charge on any atom is -0.381 e. The van der Waals surface area contributed by atoms with E-state index in [9.17, 15) is 0 Å². The average molecular weight is 333 g/mol. The van der Waals surface area contributed by atoms with Crippen LogP contribution in [0.4, 0.5) is 0 Å². The van der Waals surface area contributed by atoms with E-state index in [0.717, 1.165) is 35.1 Å². The molecule has 2 fully saturated rings. The molecule has 5 heteroatoms. The molecule has 1 saturated heterocycles. The van der Waals surface area contributed by atoms with Gasteiger partial charge in [0.05, 0.1) is 5.41 Å². The molecule has 122 valence electrons. The van der Waals surface area contributed by atoms with E-state index < -0.39 is 0 Å². The number of ether oxygens (including phenoxy) is 1. The quantitative estimate of drug-likeness (QED) is 0.831. The monoisotopic (exact) mass is 332 g/mol. The molecule has 2 aromatic rings. The number of rotatable bonds is 3. The minimum atomic E-state index is -0.271. The first-order valence-electron chi connectivity index (χ1n) is 8.46. The third-order valence-electron chi connectivity index (χ3n) is 5.29. The Kier molecular flexibility index (Phi) is 4.12. The zero-order valence-corrected chi connectivity index (χ0v) is 13.9. The third kappa shape index (κ3) is 2.79. The van der Waals surface area contributed by atoms with Crippen LogP contribution in [0.25, 0.3) is 0 Å². The molecule has 1 aromatic carbocycles. The summed E-state index contributed by atoms with van der Waals surface area (Å²) in [6, 6.07) is 8.02. The Morgan fingerprint density at radius 2 is 1.91 bits per heavy atom. The van der Waals surface area contributed by atoms with Crippen LogP contribution in [0.15, 0.2) is 28.8 Å². The van der Waals surface area contributed by atoms with E-state index in [2.05, 4.69) is 11.2 Å². The maximum Gasteiger partial charge on any atom is 0.237 e. The lowest BCUT2D eigenvalue weighted by molar-refractivity contribution is 0.0523. The molecule has 1 aliphatic carbocycles. The van der Waals surface area contributed by atoms with Crippen LogP contribution < -0.4 is 0 Å². The van der Waals surface area contributed by atoms with Crippen molar-refractivity contribution >= 4 is 11.6 Å². The summed E-state index contributed by atoms with van der Waals surface area (Å²) < 4.78 is 11.3. The number of hydrogen-bond acceptors (Lipinski definition) is 4. The van der Waals surface area contributed by atoms with Crippen LogP contribution in [0.1, 0.15) is 61.7 Å². The molecule has 23 heavy (non-hydrogen) atoms. The molecule has 2 aliphatic rings. The molecular weight excluding hydrogens is 312 g/mol. The Hall–Kier alpha value is -1.39. The zero-order valence-electron chi connectivity index (χ0n) is 13.1. The van der Waals surface area contributed by atoms with Crippen LogP contribution in [-0.4, -0.2) is 23.4 Å². The van der Waals surface area contributed by atoms with Gasteiger partial charge in [0.1, 0.15) is 0 Å². The van der Waals surface area contributed by atoms with Crippen molar-refractivity contribution in [1.82, 2.24) is 10.1 Å². The molecule has 2 heterocycles. The van der Waals surface area contributed by atoms with Crippen molar-refractivity contribution in [2.45, 2.75) is 49.9 Å². The van der Waals surface area contributed by atoms with Crippen LogP contribution in [0.3, 0.4) is 0 Å². The van der Waals surface area contributed by atoms with Gasteiger partial charge >= 0.3 is 0 Å². The molecule has 0 bridgehead atoms. The standard InChI is InChI=1S/C18H21ClN2O2/c19-15-7-3-6-14(12-15)18(8-10-22-11-9-18)17-20-16(21-23-17)13-4-1-2-5-13/h3,6-7,12-13H,1-2,4-5,8-11H2. The molecule has 4 rings (SSSR count). The Balaban J connectivity index is 1.73. The number of benzene rings is 1.